The van der Waals surface area contributed by atoms with Gasteiger partial charge in [-0.2, -0.15) is 0 Å². The van der Waals surface area contributed by atoms with Crippen LogP contribution in [0.25, 0.3) is 0 Å². The second-order valence-electron chi connectivity index (χ2n) is 4.84. The number of nitrogens with zero attached hydrogens (tertiary/aromatic N) is 1. The van der Waals surface area contributed by atoms with Crippen LogP contribution in [-0.2, 0) is 22.1 Å². The average Bonchev–Trinajstić information content (AvgIpc) is 2.36. The fourth-order valence-electron chi connectivity index (χ4n) is 1.76. The van der Waals surface area contributed by atoms with E-state index in [4.69, 9.17) is 25.3 Å². The molecule has 8 N–H and O–H groups in total. The van der Waals surface area contributed by atoms with E-state index >= 15 is 0 Å². The summed E-state index contributed by atoms with van der Waals surface area (Å²) in [6.07, 6.45) is 1.01. The molecular formula is C10H19N2O8P2+. The molecule has 0 bridgehead atoms. The van der Waals surface area contributed by atoms with E-state index in [0.717, 1.165) is 0 Å². The molecule has 0 aromatic carbocycles. The van der Waals surface area contributed by atoms with Gasteiger partial charge in [-0.25, -0.2) is 4.57 Å². The largest absolute Gasteiger partial charge is 0.385 e. The summed E-state index contributed by atoms with van der Waals surface area (Å²) in [5, 5.41) is 15.8. The fraction of sp³-hybridized carbons (Fsp3) is 0.500. The zero-order chi connectivity index (χ0) is 17.2. The molecule has 0 amide bonds. The van der Waals surface area contributed by atoms with Gasteiger partial charge in [0.2, 0.25) is 0 Å². The van der Waals surface area contributed by atoms with Crippen LogP contribution < -0.4 is 10.3 Å². The van der Waals surface area contributed by atoms with Crippen molar-refractivity contribution in [1.29, 1.82) is 0 Å². The first kappa shape index (κ1) is 19.4. The lowest BCUT2D eigenvalue weighted by Crippen LogP contribution is -2.43. The summed E-state index contributed by atoms with van der Waals surface area (Å²) in [5.41, 5.74) is 5.33. The summed E-state index contributed by atoms with van der Waals surface area (Å²) in [5.74, 6) is 0. The number of aromatic nitrogens is 1. The number of hydrogen-bond donors (Lipinski definition) is 7. The van der Waals surface area contributed by atoms with Gasteiger partial charge in [0.15, 0.2) is 18.9 Å². The van der Waals surface area contributed by atoms with E-state index in [0.29, 0.717) is 0 Å². The summed E-state index contributed by atoms with van der Waals surface area (Å²) in [4.78, 5) is 36.4. The topological polar surface area (TPSA) is 185 Å². The maximum Gasteiger partial charge on any atom is 0.369 e. The first-order chi connectivity index (χ1) is 9.90. The molecule has 1 aromatic heterocycles. The van der Waals surface area contributed by atoms with E-state index in [2.05, 4.69) is 0 Å². The quantitative estimate of drug-likeness (QED) is 0.211. The minimum atomic E-state index is -5.51. The highest BCUT2D eigenvalue weighted by Crippen LogP contribution is 2.68. The molecule has 0 fully saturated rings. The molecule has 0 aliphatic heterocycles. The highest BCUT2D eigenvalue weighted by molar-refractivity contribution is 7.72. The summed E-state index contributed by atoms with van der Waals surface area (Å²) < 4.78 is 24.0. The Balaban J connectivity index is 3.14. The van der Waals surface area contributed by atoms with E-state index in [1.807, 2.05) is 0 Å². The van der Waals surface area contributed by atoms with Gasteiger partial charge in [0.1, 0.15) is 6.10 Å². The lowest BCUT2D eigenvalue weighted by atomic mass is 10.2. The minimum absolute atomic E-state index is 0.00781. The highest BCUT2D eigenvalue weighted by atomic mass is 31.2. The number of hydrogen-bond acceptors (Lipinski definition) is 5. The SMILES string of the molecule is NCC(O)C[n+]1cccc(CC(O)(P(=O)(O)O)P(=O)(O)O)c1. The Kier molecular flexibility index (Phi) is 6.02. The Morgan fingerprint density at radius 1 is 1.23 bits per heavy atom. The summed E-state index contributed by atoms with van der Waals surface area (Å²) in [7, 11) is -11.0. The standard InChI is InChI=1S/C10H18N2O8P2/c11-5-9(13)7-12-3-1-2-8(6-12)4-10(14,21(15,16)17)22(18,19)20/h1-3,6,9,13-14H,4-5,7,11H2,(H3-,15,16,17,18,19,20)/p+1. The van der Waals surface area contributed by atoms with Gasteiger partial charge in [-0.15, -0.1) is 0 Å². The molecule has 0 saturated carbocycles. The van der Waals surface area contributed by atoms with Gasteiger partial charge in [-0.05, 0) is 6.07 Å². The molecule has 1 aromatic rings. The molecule has 0 saturated heterocycles. The van der Waals surface area contributed by atoms with Crippen LogP contribution in [0.3, 0.4) is 0 Å². The third-order valence-electron chi connectivity index (χ3n) is 2.99. The Labute approximate surface area is 126 Å². The molecule has 12 heteroatoms. The Morgan fingerprint density at radius 2 is 1.77 bits per heavy atom. The van der Waals surface area contributed by atoms with Crippen molar-refractivity contribution < 1.29 is 43.5 Å². The lowest BCUT2D eigenvalue weighted by Gasteiger charge is -2.28. The van der Waals surface area contributed by atoms with Crippen molar-refractivity contribution in [3.63, 3.8) is 0 Å². The molecule has 0 aliphatic rings. The molecule has 10 nitrogen and oxygen atoms in total. The minimum Gasteiger partial charge on any atom is -0.385 e. The van der Waals surface area contributed by atoms with E-state index in [9.17, 15) is 19.3 Å². The van der Waals surface area contributed by atoms with Gasteiger partial charge in [0, 0.05) is 24.6 Å². The number of pyridine rings is 1. The van der Waals surface area contributed by atoms with Crippen LogP contribution >= 0.6 is 15.2 Å². The molecule has 126 valence electrons. The maximum absolute atomic E-state index is 11.3. The van der Waals surface area contributed by atoms with Crippen LogP contribution in [0.4, 0.5) is 0 Å². The molecule has 0 aliphatic carbocycles. The van der Waals surface area contributed by atoms with Gasteiger partial charge >= 0.3 is 15.2 Å². The predicted octanol–water partition coefficient (Wildman–Crippen LogP) is -2.16. The van der Waals surface area contributed by atoms with E-state index in [1.165, 1.54) is 29.1 Å². The predicted molar refractivity (Wildman–Crippen MR) is 74.4 cm³/mol. The van der Waals surface area contributed by atoms with Crippen molar-refractivity contribution in [3.8, 4) is 0 Å². The third-order valence-corrected chi connectivity index (χ3v) is 6.73. The molecule has 0 spiro atoms. The van der Waals surface area contributed by atoms with Crippen LogP contribution in [-0.4, -0.2) is 47.5 Å². The smallest absolute Gasteiger partial charge is 0.369 e. The van der Waals surface area contributed by atoms with Gasteiger partial charge in [-0.3, -0.25) is 9.13 Å². The molecule has 1 unspecified atom stereocenters. The van der Waals surface area contributed by atoms with E-state index in [1.54, 1.807) is 0 Å². The summed E-state index contributed by atoms with van der Waals surface area (Å²) in [6, 6.07) is 2.78. The van der Waals surface area contributed by atoms with Crippen molar-refractivity contribution in [1.82, 2.24) is 0 Å². The van der Waals surface area contributed by atoms with Crippen molar-refractivity contribution in [2.75, 3.05) is 6.54 Å². The maximum atomic E-state index is 11.3. The molecule has 1 heterocycles. The first-order valence-electron chi connectivity index (χ1n) is 6.10. The van der Waals surface area contributed by atoms with Crippen molar-refractivity contribution in [2.45, 2.75) is 24.2 Å². The van der Waals surface area contributed by atoms with Crippen LogP contribution in [0.5, 0.6) is 0 Å². The van der Waals surface area contributed by atoms with Crippen molar-refractivity contribution >= 4 is 15.2 Å². The highest BCUT2D eigenvalue weighted by Gasteiger charge is 2.59. The summed E-state index contributed by atoms with van der Waals surface area (Å²) in [6.45, 7) is 0.0702. The van der Waals surface area contributed by atoms with Gasteiger partial charge < -0.3 is 35.5 Å². The third kappa shape index (κ3) is 4.42. The van der Waals surface area contributed by atoms with Crippen LogP contribution in [0.1, 0.15) is 5.56 Å². The Bertz CT molecular complexity index is 591. The normalized spacial score (nSPS) is 14.9. The molecule has 22 heavy (non-hydrogen) atoms. The lowest BCUT2D eigenvalue weighted by molar-refractivity contribution is -0.703. The number of nitrogens with two attached hydrogens (primary N) is 1. The van der Waals surface area contributed by atoms with Crippen LogP contribution in [0.15, 0.2) is 24.5 Å². The summed E-state index contributed by atoms with van der Waals surface area (Å²) >= 11 is 0. The first-order valence-corrected chi connectivity index (χ1v) is 9.33. The Hall–Kier alpha value is -0.670. The van der Waals surface area contributed by atoms with Gasteiger partial charge in [0.05, 0.1) is 0 Å². The molecule has 1 atom stereocenters. The van der Waals surface area contributed by atoms with Gasteiger partial charge in [-0.1, -0.05) is 0 Å². The van der Waals surface area contributed by atoms with E-state index in [-0.39, 0.29) is 18.7 Å². The zero-order valence-corrected chi connectivity index (χ0v) is 13.2. The average molecular weight is 357 g/mol. The van der Waals surface area contributed by atoms with Crippen LogP contribution in [0, 0.1) is 0 Å². The molecule has 1 rings (SSSR count). The van der Waals surface area contributed by atoms with Crippen molar-refractivity contribution in [2.24, 2.45) is 5.73 Å². The fourth-order valence-corrected chi connectivity index (χ4v) is 3.90. The second kappa shape index (κ2) is 6.84. The van der Waals surface area contributed by atoms with E-state index < -0.39 is 32.8 Å². The second-order valence-corrected chi connectivity index (χ2v) is 8.85. The van der Waals surface area contributed by atoms with Crippen molar-refractivity contribution in [3.05, 3.63) is 30.1 Å². The zero-order valence-electron chi connectivity index (χ0n) is 11.4. The monoisotopic (exact) mass is 357 g/mol. The Morgan fingerprint density at radius 3 is 2.23 bits per heavy atom. The van der Waals surface area contributed by atoms with Gasteiger partial charge in [0.25, 0.3) is 5.08 Å². The number of aliphatic hydroxyl groups is 2. The molecule has 0 radical (unpaired) electrons. The number of rotatable bonds is 7. The molecular weight excluding hydrogens is 338 g/mol. The van der Waals surface area contributed by atoms with Crippen LogP contribution in [0.2, 0.25) is 0 Å². The number of aliphatic hydroxyl groups excluding tert-OH is 1.